The normalized spacial score (nSPS) is 26.1. The van der Waals surface area contributed by atoms with Gasteiger partial charge in [-0.05, 0) is 48.3 Å². The van der Waals surface area contributed by atoms with Crippen LogP contribution < -0.4 is 5.73 Å². The van der Waals surface area contributed by atoms with Crippen molar-refractivity contribution in [2.24, 2.45) is 10.7 Å². The zero-order chi connectivity index (χ0) is 12.6. The van der Waals surface area contributed by atoms with Gasteiger partial charge in [0.2, 0.25) is 0 Å². The first kappa shape index (κ1) is 12.5. The van der Waals surface area contributed by atoms with E-state index in [1.807, 2.05) is 12.1 Å². The Morgan fingerprint density at radius 1 is 1.65 bits per heavy atom. The Hall–Kier alpha value is -0.970. The Morgan fingerprint density at radius 2 is 2.35 bits per heavy atom. The highest BCUT2D eigenvalue weighted by Crippen LogP contribution is 2.36. The minimum absolute atomic E-state index is 0.272. The average molecular weight is 300 g/mol. The Kier molecular flexibility index (Phi) is 3.21. The van der Waals surface area contributed by atoms with Gasteiger partial charge in [0.15, 0.2) is 10.6 Å². The van der Waals surface area contributed by atoms with Crippen LogP contribution in [0.3, 0.4) is 0 Å². The van der Waals surface area contributed by atoms with E-state index in [1.54, 1.807) is 0 Å². The van der Waals surface area contributed by atoms with Gasteiger partial charge in [-0.2, -0.15) is 0 Å². The number of halogens is 1. The first-order valence-electron chi connectivity index (χ1n) is 5.84. The van der Waals surface area contributed by atoms with Gasteiger partial charge in [-0.15, -0.1) is 0 Å². The van der Waals surface area contributed by atoms with Gasteiger partial charge >= 0.3 is 0 Å². The van der Waals surface area contributed by atoms with E-state index in [9.17, 15) is 0 Å². The molecule has 0 fully saturated rings. The second-order valence-electron chi connectivity index (χ2n) is 4.68. The Balaban J connectivity index is 2.37. The third kappa shape index (κ3) is 1.97. The third-order valence-electron chi connectivity index (χ3n) is 3.46. The highest BCUT2D eigenvalue weighted by atomic mass is 79.9. The van der Waals surface area contributed by atoms with Crippen LogP contribution in [0.4, 0.5) is 0 Å². The number of guanidine groups is 1. The SMILES string of the molecule is CCC(C)N1C(N)=NCC1(C)c1ccc(Br)o1. The van der Waals surface area contributed by atoms with Crippen molar-refractivity contribution in [3.8, 4) is 0 Å². The van der Waals surface area contributed by atoms with E-state index in [4.69, 9.17) is 10.2 Å². The van der Waals surface area contributed by atoms with Crippen molar-refractivity contribution >= 4 is 21.9 Å². The summed E-state index contributed by atoms with van der Waals surface area (Å²) in [6.07, 6.45) is 1.02. The van der Waals surface area contributed by atoms with Crippen molar-refractivity contribution in [3.05, 3.63) is 22.6 Å². The quantitative estimate of drug-likeness (QED) is 0.933. The van der Waals surface area contributed by atoms with Crippen molar-refractivity contribution in [1.29, 1.82) is 0 Å². The molecule has 1 aliphatic heterocycles. The molecule has 1 aromatic rings. The van der Waals surface area contributed by atoms with Gasteiger partial charge in [0.05, 0.1) is 6.54 Å². The highest BCUT2D eigenvalue weighted by molar-refractivity contribution is 9.10. The molecule has 0 bridgehead atoms. The molecule has 2 heterocycles. The molecule has 0 radical (unpaired) electrons. The number of hydrogen-bond donors (Lipinski definition) is 1. The molecule has 17 heavy (non-hydrogen) atoms. The lowest BCUT2D eigenvalue weighted by molar-refractivity contribution is 0.142. The number of furan rings is 1. The summed E-state index contributed by atoms with van der Waals surface area (Å²) in [4.78, 5) is 6.52. The summed E-state index contributed by atoms with van der Waals surface area (Å²) in [7, 11) is 0. The van der Waals surface area contributed by atoms with E-state index in [0.717, 1.165) is 16.9 Å². The smallest absolute Gasteiger partial charge is 0.192 e. The van der Waals surface area contributed by atoms with Crippen LogP contribution in [0.25, 0.3) is 0 Å². The van der Waals surface area contributed by atoms with Gasteiger partial charge in [0.25, 0.3) is 0 Å². The molecule has 94 valence electrons. The number of aliphatic imine (C=N–C) groups is 1. The molecule has 0 aliphatic carbocycles. The van der Waals surface area contributed by atoms with Crippen molar-refractivity contribution in [3.63, 3.8) is 0 Å². The van der Waals surface area contributed by atoms with Crippen LogP contribution in [0, 0.1) is 0 Å². The van der Waals surface area contributed by atoms with Crippen molar-refractivity contribution in [2.75, 3.05) is 6.54 Å². The summed E-state index contributed by atoms with van der Waals surface area (Å²) in [5.41, 5.74) is 5.73. The molecular formula is C12H18BrN3O. The van der Waals surface area contributed by atoms with Crippen LogP contribution in [0.15, 0.2) is 26.2 Å². The van der Waals surface area contributed by atoms with Gasteiger partial charge < -0.3 is 15.1 Å². The fraction of sp³-hybridized carbons (Fsp3) is 0.583. The van der Waals surface area contributed by atoms with Gasteiger partial charge in [-0.1, -0.05) is 6.92 Å². The maximum Gasteiger partial charge on any atom is 0.192 e. The summed E-state index contributed by atoms with van der Waals surface area (Å²) < 4.78 is 6.43. The second kappa shape index (κ2) is 4.37. The largest absolute Gasteiger partial charge is 0.452 e. The number of rotatable bonds is 3. The summed E-state index contributed by atoms with van der Waals surface area (Å²) in [5, 5.41) is 0. The molecule has 1 aromatic heterocycles. The lowest BCUT2D eigenvalue weighted by Crippen LogP contribution is -2.51. The predicted molar refractivity (Wildman–Crippen MR) is 71.8 cm³/mol. The molecule has 5 heteroatoms. The first-order valence-corrected chi connectivity index (χ1v) is 6.63. The zero-order valence-electron chi connectivity index (χ0n) is 10.4. The molecular weight excluding hydrogens is 282 g/mol. The second-order valence-corrected chi connectivity index (χ2v) is 5.46. The van der Waals surface area contributed by atoms with Gasteiger partial charge in [0, 0.05) is 6.04 Å². The van der Waals surface area contributed by atoms with Gasteiger partial charge in [-0.3, -0.25) is 4.99 Å². The van der Waals surface area contributed by atoms with Crippen LogP contribution >= 0.6 is 15.9 Å². The molecule has 0 saturated carbocycles. The highest BCUT2D eigenvalue weighted by Gasteiger charge is 2.43. The predicted octanol–water partition coefficient (Wildman–Crippen LogP) is 2.69. The molecule has 2 unspecified atom stereocenters. The lowest BCUT2D eigenvalue weighted by atomic mass is 9.96. The summed E-state index contributed by atoms with van der Waals surface area (Å²) in [5.74, 6) is 1.50. The zero-order valence-corrected chi connectivity index (χ0v) is 12.0. The molecule has 0 amide bonds. The topological polar surface area (TPSA) is 54.8 Å². The fourth-order valence-corrected chi connectivity index (χ4v) is 2.64. The van der Waals surface area contributed by atoms with Crippen molar-refractivity contribution < 1.29 is 4.42 Å². The molecule has 1 aliphatic rings. The number of nitrogens with zero attached hydrogens (tertiary/aromatic N) is 2. The minimum atomic E-state index is -0.272. The Bertz CT molecular complexity index is 443. The van der Waals surface area contributed by atoms with Crippen LogP contribution in [0.5, 0.6) is 0 Å². The monoisotopic (exact) mass is 299 g/mol. The average Bonchev–Trinajstić information content (AvgIpc) is 2.84. The summed E-state index contributed by atoms with van der Waals surface area (Å²) in [6, 6.07) is 4.23. The maximum absolute atomic E-state index is 6.00. The summed E-state index contributed by atoms with van der Waals surface area (Å²) >= 11 is 3.34. The van der Waals surface area contributed by atoms with E-state index < -0.39 is 0 Å². The Labute approximate surface area is 110 Å². The lowest BCUT2D eigenvalue weighted by Gasteiger charge is -2.38. The fourth-order valence-electron chi connectivity index (χ4n) is 2.34. The molecule has 2 rings (SSSR count). The van der Waals surface area contributed by atoms with Crippen molar-refractivity contribution in [1.82, 2.24) is 4.90 Å². The number of nitrogens with two attached hydrogens (primary N) is 1. The van der Waals surface area contributed by atoms with E-state index in [2.05, 4.69) is 46.6 Å². The molecule has 0 spiro atoms. The molecule has 0 aromatic carbocycles. The van der Waals surface area contributed by atoms with E-state index >= 15 is 0 Å². The molecule has 0 saturated heterocycles. The van der Waals surface area contributed by atoms with Gasteiger partial charge in [0.1, 0.15) is 11.3 Å². The first-order chi connectivity index (χ1) is 7.99. The van der Waals surface area contributed by atoms with Crippen LogP contribution in [0.2, 0.25) is 0 Å². The third-order valence-corrected chi connectivity index (χ3v) is 3.89. The molecule has 4 nitrogen and oxygen atoms in total. The maximum atomic E-state index is 6.00. The van der Waals surface area contributed by atoms with Crippen LogP contribution in [-0.2, 0) is 5.54 Å². The van der Waals surface area contributed by atoms with E-state index in [1.165, 1.54) is 0 Å². The van der Waals surface area contributed by atoms with Crippen molar-refractivity contribution in [2.45, 2.75) is 38.8 Å². The van der Waals surface area contributed by atoms with Crippen LogP contribution in [0.1, 0.15) is 33.0 Å². The molecule has 2 N–H and O–H groups in total. The van der Waals surface area contributed by atoms with E-state index in [0.29, 0.717) is 18.5 Å². The summed E-state index contributed by atoms with van der Waals surface area (Å²) in [6.45, 7) is 7.07. The standard InChI is InChI=1S/C12H18BrN3O/c1-4-8(2)16-11(14)15-7-12(16,3)9-5-6-10(13)17-9/h5-6,8H,4,7H2,1-3H3,(H2,14,15). The van der Waals surface area contributed by atoms with Crippen LogP contribution in [-0.4, -0.2) is 23.4 Å². The molecule has 2 atom stereocenters. The minimum Gasteiger partial charge on any atom is -0.452 e. The Morgan fingerprint density at radius 3 is 2.88 bits per heavy atom. The van der Waals surface area contributed by atoms with Gasteiger partial charge in [-0.25, -0.2) is 0 Å². The van der Waals surface area contributed by atoms with E-state index in [-0.39, 0.29) is 5.54 Å². The number of hydrogen-bond acceptors (Lipinski definition) is 4.